The summed E-state index contributed by atoms with van der Waals surface area (Å²) in [6, 6.07) is 9.18. The Hall–Kier alpha value is -2.49. The van der Waals surface area contributed by atoms with Crippen LogP contribution < -0.4 is 20.1 Å². The second kappa shape index (κ2) is 8.75. The number of amides is 1. The van der Waals surface area contributed by atoms with Gasteiger partial charge in [-0.15, -0.1) is 0 Å². The number of rotatable bonds is 8. The number of sulfonamides is 1. The Balaban J connectivity index is 2.26. The van der Waals surface area contributed by atoms with Gasteiger partial charge in [0.15, 0.2) is 0 Å². The number of nitrogens with zero attached hydrogens (tertiary/aromatic N) is 1. The first-order chi connectivity index (χ1) is 12.4. The van der Waals surface area contributed by atoms with Crippen molar-refractivity contribution in [3.8, 4) is 5.75 Å². The van der Waals surface area contributed by atoms with Crippen LogP contribution in [-0.4, -0.2) is 46.1 Å². The zero-order valence-corrected chi connectivity index (χ0v) is 15.6. The summed E-state index contributed by atoms with van der Waals surface area (Å²) in [4.78, 5) is 16.3. The largest absolute Gasteiger partial charge is 0.495 e. The number of aromatic nitrogens is 1. The number of benzene rings is 1. The molecule has 1 atom stereocenters. The third-order valence-electron chi connectivity index (χ3n) is 3.70. The van der Waals surface area contributed by atoms with Crippen LogP contribution in [0.5, 0.6) is 5.75 Å². The number of nitrogens with one attached hydrogen (secondary N) is 3. The van der Waals surface area contributed by atoms with Gasteiger partial charge >= 0.3 is 0 Å². The average molecular weight is 378 g/mol. The van der Waals surface area contributed by atoms with E-state index in [1.165, 1.54) is 31.5 Å². The summed E-state index contributed by atoms with van der Waals surface area (Å²) in [6.45, 7) is 2.09. The summed E-state index contributed by atoms with van der Waals surface area (Å²) in [7, 11) is -0.541. The molecule has 1 amide bonds. The standard InChI is InChI=1S/C17H22N4O4S/c1-12(18-2)11-20-26(23,24)13-7-8-16(25-3)15(10-13)21-17(22)14-6-4-5-9-19-14/h4-10,12,18,20H,11H2,1-3H3,(H,21,22). The molecule has 140 valence electrons. The predicted molar refractivity (Wildman–Crippen MR) is 98.9 cm³/mol. The van der Waals surface area contributed by atoms with Crippen LogP contribution in [0.4, 0.5) is 5.69 Å². The molecule has 2 rings (SSSR count). The predicted octanol–water partition coefficient (Wildman–Crippen LogP) is 1.23. The fourth-order valence-corrected chi connectivity index (χ4v) is 3.21. The molecule has 0 fully saturated rings. The zero-order chi connectivity index (χ0) is 19.2. The van der Waals surface area contributed by atoms with Crippen molar-refractivity contribution in [2.75, 3.05) is 26.0 Å². The summed E-state index contributed by atoms with van der Waals surface area (Å²) in [5.74, 6) is -0.118. The van der Waals surface area contributed by atoms with Gasteiger partial charge in [0.1, 0.15) is 11.4 Å². The highest BCUT2D eigenvalue weighted by atomic mass is 32.2. The number of methoxy groups -OCH3 is 1. The smallest absolute Gasteiger partial charge is 0.274 e. The van der Waals surface area contributed by atoms with E-state index in [2.05, 4.69) is 20.3 Å². The van der Waals surface area contributed by atoms with Crippen molar-refractivity contribution < 1.29 is 17.9 Å². The van der Waals surface area contributed by atoms with Gasteiger partial charge in [-0.1, -0.05) is 6.07 Å². The molecule has 3 N–H and O–H groups in total. The first kappa shape index (κ1) is 19.8. The molecule has 1 heterocycles. The van der Waals surface area contributed by atoms with E-state index in [4.69, 9.17) is 4.74 Å². The maximum Gasteiger partial charge on any atom is 0.274 e. The van der Waals surface area contributed by atoms with Gasteiger partial charge < -0.3 is 15.4 Å². The molecule has 0 saturated carbocycles. The van der Waals surface area contributed by atoms with Crippen LogP contribution in [0.15, 0.2) is 47.5 Å². The molecule has 0 bridgehead atoms. The van der Waals surface area contributed by atoms with Crippen LogP contribution in [0.25, 0.3) is 0 Å². The third kappa shape index (κ3) is 5.01. The summed E-state index contributed by atoms with van der Waals surface area (Å²) in [6.07, 6.45) is 1.50. The second-order valence-corrected chi connectivity index (χ2v) is 7.34. The highest BCUT2D eigenvalue weighted by Crippen LogP contribution is 2.27. The highest BCUT2D eigenvalue weighted by Gasteiger charge is 2.18. The Bertz CT molecular complexity index is 856. The molecule has 9 heteroatoms. The molecular weight excluding hydrogens is 356 g/mol. The molecule has 0 aliphatic rings. The van der Waals surface area contributed by atoms with Gasteiger partial charge in [-0.3, -0.25) is 9.78 Å². The number of anilines is 1. The highest BCUT2D eigenvalue weighted by molar-refractivity contribution is 7.89. The lowest BCUT2D eigenvalue weighted by atomic mass is 10.2. The van der Waals surface area contributed by atoms with Crippen LogP contribution in [0.1, 0.15) is 17.4 Å². The Morgan fingerprint density at radius 3 is 2.65 bits per heavy atom. The van der Waals surface area contributed by atoms with Crippen LogP contribution in [0, 0.1) is 0 Å². The van der Waals surface area contributed by atoms with Crippen molar-refractivity contribution >= 4 is 21.6 Å². The summed E-state index contributed by atoms with van der Waals surface area (Å²) in [5.41, 5.74) is 0.455. The normalized spacial score (nSPS) is 12.4. The Morgan fingerprint density at radius 1 is 1.27 bits per heavy atom. The van der Waals surface area contributed by atoms with E-state index in [0.717, 1.165) is 0 Å². The molecular formula is C17H22N4O4S. The van der Waals surface area contributed by atoms with E-state index in [9.17, 15) is 13.2 Å². The topological polar surface area (TPSA) is 109 Å². The maximum atomic E-state index is 12.5. The third-order valence-corrected chi connectivity index (χ3v) is 5.12. The molecule has 0 saturated heterocycles. The van der Waals surface area contributed by atoms with E-state index in [-0.39, 0.29) is 28.9 Å². The van der Waals surface area contributed by atoms with Crippen molar-refractivity contribution in [3.63, 3.8) is 0 Å². The SMILES string of the molecule is CNC(C)CNS(=O)(=O)c1ccc(OC)c(NC(=O)c2ccccn2)c1. The van der Waals surface area contributed by atoms with E-state index < -0.39 is 15.9 Å². The molecule has 2 aromatic rings. The van der Waals surface area contributed by atoms with Crippen molar-refractivity contribution in [1.29, 1.82) is 0 Å². The number of hydrogen-bond donors (Lipinski definition) is 3. The van der Waals surface area contributed by atoms with E-state index >= 15 is 0 Å². The van der Waals surface area contributed by atoms with E-state index in [1.54, 1.807) is 25.2 Å². The van der Waals surface area contributed by atoms with Gasteiger partial charge in [-0.2, -0.15) is 0 Å². The molecule has 1 unspecified atom stereocenters. The Kier molecular flexibility index (Phi) is 6.67. The number of pyridine rings is 1. The average Bonchev–Trinajstić information content (AvgIpc) is 2.66. The van der Waals surface area contributed by atoms with Gasteiger partial charge in [0, 0.05) is 18.8 Å². The monoisotopic (exact) mass is 378 g/mol. The van der Waals surface area contributed by atoms with Gasteiger partial charge in [0.25, 0.3) is 5.91 Å². The van der Waals surface area contributed by atoms with Crippen molar-refractivity contribution in [1.82, 2.24) is 15.0 Å². The fourth-order valence-electron chi connectivity index (χ4n) is 2.06. The minimum absolute atomic E-state index is 0.0219. The van der Waals surface area contributed by atoms with Crippen LogP contribution >= 0.6 is 0 Å². The minimum atomic E-state index is -3.73. The number of ether oxygens (including phenoxy) is 1. The molecule has 0 radical (unpaired) electrons. The molecule has 1 aromatic heterocycles. The van der Waals surface area contributed by atoms with Gasteiger partial charge in [0.05, 0.1) is 17.7 Å². The Labute approximate surface area is 153 Å². The first-order valence-corrected chi connectivity index (χ1v) is 9.43. The van der Waals surface area contributed by atoms with Crippen LogP contribution in [0.2, 0.25) is 0 Å². The summed E-state index contributed by atoms with van der Waals surface area (Å²) in [5, 5.41) is 5.59. The second-order valence-electron chi connectivity index (χ2n) is 5.57. The first-order valence-electron chi connectivity index (χ1n) is 7.94. The Morgan fingerprint density at radius 2 is 2.04 bits per heavy atom. The lowest BCUT2D eigenvalue weighted by molar-refractivity contribution is 0.102. The number of carbonyl (C=O) groups is 1. The molecule has 8 nitrogen and oxygen atoms in total. The van der Waals surface area contributed by atoms with Gasteiger partial charge in [-0.05, 0) is 44.3 Å². The molecule has 0 aliphatic heterocycles. The van der Waals surface area contributed by atoms with Crippen LogP contribution in [0.3, 0.4) is 0 Å². The summed E-state index contributed by atoms with van der Waals surface area (Å²) >= 11 is 0. The minimum Gasteiger partial charge on any atom is -0.495 e. The maximum absolute atomic E-state index is 12.5. The zero-order valence-electron chi connectivity index (χ0n) is 14.8. The molecule has 1 aromatic carbocycles. The lowest BCUT2D eigenvalue weighted by Crippen LogP contribution is -2.37. The fraction of sp³-hybridized carbons (Fsp3) is 0.294. The number of carbonyl (C=O) groups excluding carboxylic acids is 1. The van der Waals surface area contributed by atoms with Gasteiger partial charge in [0.2, 0.25) is 10.0 Å². The lowest BCUT2D eigenvalue weighted by Gasteiger charge is -2.14. The van der Waals surface area contributed by atoms with E-state index in [0.29, 0.717) is 5.75 Å². The molecule has 26 heavy (non-hydrogen) atoms. The molecule has 0 spiro atoms. The quantitative estimate of drug-likeness (QED) is 0.637. The van der Waals surface area contributed by atoms with Crippen LogP contribution in [-0.2, 0) is 10.0 Å². The summed E-state index contributed by atoms with van der Waals surface area (Å²) < 4.78 is 32.6. The van der Waals surface area contributed by atoms with Crippen molar-refractivity contribution in [3.05, 3.63) is 48.3 Å². The van der Waals surface area contributed by atoms with Crippen molar-refractivity contribution in [2.45, 2.75) is 17.9 Å². The number of likely N-dealkylation sites (N-methyl/N-ethyl adjacent to an activating group) is 1. The molecule has 0 aliphatic carbocycles. The van der Waals surface area contributed by atoms with Crippen molar-refractivity contribution in [2.24, 2.45) is 0 Å². The van der Waals surface area contributed by atoms with Gasteiger partial charge in [-0.25, -0.2) is 13.1 Å². The number of hydrogen-bond acceptors (Lipinski definition) is 6. The van der Waals surface area contributed by atoms with E-state index in [1.807, 2.05) is 6.92 Å².